The second-order valence-corrected chi connectivity index (χ2v) is 10.1. The molecule has 0 aliphatic carbocycles. The summed E-state index contributed by atoms with van der Waals surface area (Å²) < 4.78 is 18.7. The molecular weight excluding hydrogens is 477 g/mol. The Kier molecular flexibility index (Phi) is 8.11. The van der Waals surface area contributed by atoms with E-state index in [0.29, 0.717) is 28.3 Å². The molecule has 0 unspecified atom stereocenters. The van der Waals surface area contributed by atoms with Crippen molar-refractivity contribution < 1.29 is 28.6 Å². The molecule has 2 N–H and O–H groups in total. The SMILES string of the molecule is CCc1cc(C(=O)c2ccc(F)cc2)c(NC(=O)CSc2ccc(OC(C)(C)C(=O)O)cc2)s1. The van der Waals surface area contributed by atoms with Gasteiger partial charge in [0.2, 0.25) is 5.91 Å². The first-order valence-corrected chi connectivity index (χ1v) is 12.3. The second-order valence-electron chi connectivity index (χ2n) is 7.87. The van der Waals surface area contributed by atoms with Gasteiger partial charge in [-0.2, -0.15) is 0 Å². The average Bonchev–Trinajstić information content (AvgIpc) is 3.21. The summed E-state index contributed by atoms with van der Waals surface area (Å²) in [5.74, 6) is -1.51. The lowest BCUT2D eigenvalue weighted by atomic mass is 10.0. The fourth-order valence-corrected chi connectivity index (χ4v) is 4.60. The Balaban J connectivity index is 1.64. The molecule has 9 heteroatoms. The first-order chi connectivity index (χ1) is 16.1. The second kappa shape index (κ2) is 10.8. The number of aryl methyl sites for hydroxylation is 1. The topological polar surface area (TPSA) is 92.7 Å². The van der Waals surface area contributed by atoms with Crippen molar-refractivity contribution in [1.29, 1.82) is 0 Å². The number of rotatable bonds is 10. The lowest BCUT2D eigenvalue weighted by Crippen LogP contribution is -2.37. The van der Waals surface area contributed by atoms with Crippen molar-refractivity contribution in [1.82, 2.24) is 0 Å². The van der Waals surface area contributed by atoms with E-state index in [1.165, 1.54) is 61.2 Å². The number of ketones is 1. The number of nitrogens with one attached hydrogen (secondary N) is 1. The molecule has 2 aromatic carbocycles. The lowest BCUT2D eigenvalue weighted by Gasteiger charge is -2.21. The van der Waals surface area contributed by atoms with Gasteiger partial charge in [0.05, 0.1) is 11.3 Å². The van der Waals surface area contributed by atoms with Crippen LogP contribution >= 0.6 is 23.1 Å². The maximum atomic E-state index is 13.2. The molecule has 0 radical (unpaired) electrons. The molecule has 178 valence electrons. The van der Waals surface area contributed by atoms with Gasteiger partial charge in [0, 0.05) is 15.3 Å². The highest BCUT2D eigenvalue weighted by Gasteiger charge is 2.29. The quantitative estimate of drug-likeness (QED) is 0.275. The van der Waals surface area contributed by atoms with E-state index < -0.39 is 17.4 Å². The van der Waals surface area contributed by atoms with Crippen molar-refractivity contribution in [2.24, 2.45) is 0 Å². The molecule has 1 amide bonds. The lowest BCUT2D eigenvalue weighted by molar-refractivity contribution is -0.152. The molecule has 0 saturated heterocycles. The van der Waals surface area contributed by atoms with E-state index in [-0.39, 0.29) is 17.4 Å². The largest absolute Gasteiger partial charge is 0.478 e. The molecule has 0 aliphatic rings. The standard InChI is InChI=1S/C25H24FNO5S2/c1-4-18-13-20(22(29)15-5-7-16(26)8-6-15)23(34-18)27-21(28)14-33-19-11-9-17(10-12-19)32-25(2,3)24(30)31/h5-13H,4,14H2,1-3H3,(H,27,28)(H,30,31). The van der Waals surface area contributed by atoms with E-state index >= 15 is 0 Å². The van der Waals surface area contributed by atoms with E-state index in [9.17, 15) is 18.8 Å². The first-order valence-electron chi connectivity index (χ1n) is 10.5. The van der Waals surface area contributed by atoms with Gasteiger partial charge in [-0.05, 0) is 74.9 Å². The van der Waals surface area contributed by atoms with Crippen LogP contribution in [0, 0.1) is 5.82 Å². The van der Waals surface area contributed by atoms with Gasteiger partial charge in [0.15, 0.2) is 11.4 Å². The zero-order chi connectivity index (χ0) is 24.9. The van der Waals surface area contributed by atoms with Crippen LogP contribution in [0.15, 0.2) is 59.5 Å². The fraction of sp³-hybridized carbons (Fsp3) is 0.240. The maximum absolute atomic E-state index is 13.2. The number of ether oxygens (including phenoxy) is 1. The van der Waals surface area contributed by atoms with E-state index in [4.69, 9.17) is 9.84 Å². The minimum Gasteiger partial charge on any atom is -0.478 e. The minimum atomic E-state index is -1.35. The molecule has 0 fully saturated rings. The summed E-state index contributed by atoms with van der Waals surface area (Å²) in [6.45, 7) is 4.89. The summed E-state index contributed by atoms with van der Waals surface area (Å²) in [7, 11) is 0. The molecule has 1 heterocycles. The Morgan fingerprint density at radius 2 is 1.74 bits per heavy atom. The summed E-state index contributed by atoms with van der Waals surface area (Å²) in [4.78, 5) is 38.5. The number of benzene rings is 2. The van der Waals surface area contributed by atoms with Gasteiger partial charge < -0.3 is 15.2 Å². The predicted molar refractivity (Wildman–Crippen MR) is 132 cm³/mol. The van der Waals surface area contributed by atoms with Crippen molar-refractivity contribution in [3.8, 4) is 5.75 Å². The van der Waals surface area contributed by atoms with E-state index in [0.717, 1.165) is 9.77 Å². The number of carboxylic acids is 1. The van der Waals surface area contributed by atoms with E-state index in [1.54, 1.807) is 30.3 Å². The van der Waals surface area contributed by atoms with Crippen molar-refractivity contribution in [2.75, 3.05) is 11.1 Å². The number of amides is 1. The molecule has 0 atom stereocenters. The summed E-state index contributed by atoms with van der Waals surface area (Å²) >= 11 is 2.64. The summed E-state index contributed by atoms with van der Waals surface area (Å²) in [5, 5.41) is 12.5. The number of carboxylic acid groups (broad SMARTS) is 1. The molecular formula is C25H24FNO5S2. The first kappa shape index (κ1) is 25.5. The highest BCUT2D eigenvalue weighted by atomic mass is 32.2. The number of anilines is 1. The average molecular weight is 502 g/mol. The van der Waals surface area contributed by atoms with Crippen LogP contribution in [0.2, 0.25) is 0 Å². The van der Waals surface area contributed by atoms with Crippen LogP contribution in [0.4, 0.5) is 9.39 Å². The molecule has 6 nitrogen and oxygen atoms in total. The van der Waals surface area contributed by atoms with Gasteiger partial charge in [0.1, 0.15) is 16.6 Å². The van der Waals surface area contributed by atoms with Crippen LogP contribution in [-0.2, 0) is 16.0 Å². The zero-order valence-electron chi connectivity index (χ0n) is 18.9. The van der Waals surface area contributed by atoms with Crippen molar-refractivity contribution >= 4 is 45.8 Å². The molecule has 0 aliphatic heterocycles. The normalized spacial score (nSPS) is 11.2. The van der Waals surface area contributed by atoms with Crippen molar-refractivity contribution in [2.45, 2.75) is 37.7 Å². The van der Waals surface area contributed by atoms with Crippen molar-refractivity contribution in [3.63, 3.8) is 0 Å². The monoisotopic (exact) mass is 501 g/mol. The van der Waals surface area contributed by atoms with Gasteiger partial charge in [-0.25, -0.2) is 9.18 Å². The smallest absolute Gasteiger partial charge is 0.347 e. The maximum Gasteiger partial charge on any atom is 0.347 e. The number of thioether (sulfide) groups is 1. The summed E-state index contributed by atoms with van der Waals surface area (Å²) in [5.41, 5.74) is -0.621. The van der Waals surface area contributed by atoms with Crippen molar-refractivity contribution in [3.05, 3.63) is 76.4 Å². The number of carbonyl (C=O) groups excluding carboxylic acids is 2. The van der Waals surface area contributed by atoms with Crippen LogP contribution in [0.25, 0.3) is 0 Å². The van der Waals surface area contributed by atoms with Crippen LogP contribution in [-0.4, -0.2) is 34.1 Å². The van der Waals surface area contributed by atoms with E-state index in [2.05, 4.69) is 5.32 Å². The highest BCUT2D eigenvalue weighted by Crippen LogP contribution is 2.31. The third-order valence-electron chi connectivity index (χ3n) is 4.82. The number of hydrogen-bond acceptors (Lipinski definition) is 6. The molecule has 3 rings (SSSR count). The van der Waals surface area contributed by atoms with Crippen LogP contribution < -0.4 is 10.1 Å². The van der Waals surface area contributed by atoms with Gasteiger partial charge >= 0.3 is 5.97 Å². The molecule has 0 bridgehead atoms. The van der Waals surface area contributed by atoms with Crippen LogP contribution in [0.5, 0.6) is 5.75 Å². The molecule has 1 aromatic heterocycles. The number of halogens is 1. The van der Waals surface area contributed by atoms with Gasteiger partial charge in [-0.1, -0.05) is 6.92 Å². The summed E-state index contributed by atoms with van der Waals surface area (Å²) in [6, 6.07) is 13.9. The Hall–Kier alpha value is -3.17. The Labute approximate surface area is 205 Å². The number of carbonyl (C=O) groups is 3. The molecule has 34 heavy (non-hydrogen) atoms. The molecule has 0 saturated carbocycles. The highest BCUT2D eigenvalue weighted by molar-refractivity contribution is 8.00. The Morgan fingerprint density at radius 3 is 2.32 bits per heavy atom. The fourth-order valence-electron chi connectivity index (χ4n) is 2.89. The third kappa shape index (κ3) is 6.45. The van der Waals surface area contributed by atoms with Gasteiger partial charge in [0.25, 0.3) is 0 Å². The van der Waals surface area contributed by atoms with Crippen LogP contribution in [0.3, 0.4) is 0 Å². The zero-order valence-corrected chi connectivity index (χ0v) is 20.5. The third-order valence-corrected chi connectivity index (χ3v) is 7.02. The van der Waals surface area contributed by atoms with Gasteiger partial charge in [-0.15, -0.1) is 23.1 Å². The minimum absolute atomic E-state index is 0.115. The number of aliphatic carboxylic acids is 1. The Bertz CT molecular complexity index is 1190. The van der Waals surface area contributed by atoms with E-state index in [1.807, 2.05) is 6.92 Å². The van der Waals surface area contributed by atoms with Crippen LogP contribution in [0.1, 0.15) is 41.6 Å². The Morgan fingerprint density at radius 1 is 1.09 bits per heavy atom. The molecule has 0 spiro atoms. The molecule has 3 aromatic rings. The predicted octanol–water partition coefficient (Wildman–Crippen LogP) is 5.65. The summed E-state index contributed by atoms with van der Waals surface area (Å²) in [6.07, 6.45) is 0.714. The number of thiophene rings is 1. The van der Waals surface area contributed by atoms with Gasteiger partial charge in [-0.3, -0.25) is 9.59 Å². The number of hydrogen-bond donors (Lipinski definition) is 2.